The number of aryl methyl sites for hydroxylation is 1. The number of piperazine rings is 1. The Bertz CT molecular complexity index is 1170. The lowest BCUT2D eigenvalue weighted by Gasteiger charge is -2.35. The molecule has 32 heavy (non-hydrogen) atoms. The lowest BCUT2D eigenvalue weighted by Crippen LogP contribution is -2.48. The fraction of sp³-hybridized carbons (Fsp3) is 0.292. The van der Waals surface area contributed by atoms with Crippen molar-refractivity contribution in [1.82, 2.24) is 14.9 Å². The van der Waals surface area contributed by atoms with E-state index in [4.69, 9.17) is 14.5 Å². The van der Waals surface area contributed by atoms with Crippen LogP contribution in [0.15, 0.2) is 46.9 Å². The van der Waals surface area contributed by atoms with Gasteiger partial charge in [-0.05, 0) is 58.8 Å². The first-order chi connectivity index (χ1) is 15.5. The normalized spacial score (nSPS) is 14.2. The number of amides is 1. The largest absolute Gasteiger partial charge is 0.493 e. The van der Waals surface area contributed by atoms with Gasteiger partial charge in [0.25, 0.3) is 0 Å². The summed E-state index contributed by atoms with van der Waals surface area (Å²) in [6.07, 6.45) is 3.39. The Morgan fingerprint density at radius 2 is 1.72 bits per heavy atom. The Morgan fingerprint density at radius 1 is 1.03 bits per heavy atom. The van der Waals surface area contributed by atoms with Gasteiger partial charge in [-0.2, -0.15) is 0 Å². The van der Waals surface area contributed by atoms with Crippen molar-refractivity contribution in [3.63, 3.8) is 0 Å². The monoisotopic (exact) mass is 496 g/mol. The average molecular weight is 497 g/mol. The third kappa shape index (κ3) is 4.55. The summed E-state index contributed by atoms with van der Waals surface area (Å²) < 4.78 is 11.5. The first-order valence-electron chi connectivity index (χ1n) is 10.4. The van der Waals surface area contributed by atoms with Crippen LogP contribution in [0.5, 0.6) is 11.5 Å². The quantitative estimate of drug-likeness (QED) is 0.495. The zero-order chi connectivity index (χ0) is 22.7. The number of ether oxygens (including phenoxy) is 2. The van der Waals surface area contributed by atoms with Crippen molar-refractivity contribution in [3.8, 4) is 11.5 Å². The Labute approximate surface area is 195 Å². The summed E-state index contributed by atoms with van der Waals surface area (Å²) in [4.78, 5) is 26.3. The van der Waals surface area contributed by atoms with Crippen LogP contribution in [0.1, 0.15) is 11.3 Å². The van der Waals surface area contributed by atoms with Gasteiger partial charge in [0, 0.05) is 32.3 Å². The Hall–Kier alpha value is -3.13. The molecular weight excluding hydrogens is 472 g/mol. The number of benzene rings is 2. The van der Waals surface area contributed by atoms with Gasteiger partial charge in [-0.3, -0.25) is 4.79 Å². The number of hydrogen-bond donors (Lipinski definition) is 0. The van der Waals surface area contributed by atoms with Crippen molar-refractivity contribution in [2.24, 2.45) is 0 Å². The second kappa shape index (κ2) is 9.56. The van der Waals surface area contributed by atoms with Crippen molar-refractivity contribution >= 4 is 44.8 Å². The van der Waals surface area contributed by atoms with Gasteiger partial charge in [0.05, 0.1) is 35.4 Å². The molecule has 3 aromatic rings. The molecule has 166 valence electrons. The van der Waals surface area contributed by atoms with E-state index in [1.165, 1.54) is 0 Å². The molecule has 8 heteroatoms. The average Bonchev–Trinajstić information content (AvgIpc) is 2.81. The fourth-order valence-corrected chi connectivity index (χ4v) is 4.45. The van der Waals surface area contributed by atoms with E-state index in [9.17, 15) is 4.79 Å². The molecule has 7 nitrogen and oxygen atoms in total. The molecule has 1 aromatic heterocycles. The van der Waals surface area contributed by atoms with Gasteiger partial charge in [0.2, 0.25) is 5.91 Å². The molecule has 0 aliphatic carbocycles. The van der Waals surface area contributed by atoms with Crippen molar-refractivity contribution in [2.75, 3.05) is 45.3 Å². The number of para-hydroxylation sites is 2. The van der Waals surface area contributed by atoms with Gasteiger partial charge in [0.1, 0.15) is 0 Å². The number of nitrogens with zero attached hydrogens (tertiary/aromatic N) is 4. The number of methoxy groups -OCH3 is 2. The number of hydrogen-bond acceptors (Lipinski definition) is 6. The predicted octanol–water partition coefficient (Wildman–Crippen LogP) is 4.08. The SMILES string of the molecule is COc1cc(/C=C/C(=O)N2CCN(c3nc4ccccc4nc3C)CC2)cc(Br)c1OC. The third-order valence-electron chi connectivity index (χ3n) is 5.48. The highest BCUT2D eigenvalue weighted by Gasteiger charge is 2.22. The second-order valence-corrected chi connectivity index (χ2v) is 8.36. The van der Waals surface area contributed by atoms with Crippen molar-refractivity contribution in [2.45, 2.75) is 6.92 Å². The summed E-state index contributed by atoms with van der Waals surface area (Å²) in [7, 11) is 3.18. The number of fused-ring (bicyclic) bond motifs is 1. The lowest BCUT2D eigenvalue weighted by atomic mass is 10.1. The zero-order valence-corrected chi connectivity index (χ0v) is 19.9. The highest BCUT2D eigenvalue weighted by atomic mass is 79.9. The molecule has 0 atom stereocenters. The van der Waals surface area contributed by atoms with Gasteiger partial charge >= 0.3 is 0 Å². The highest BCUT2D eigenvalue weighted by Crippen LogP contribution is 2.36. The number of rotatable bonds is 5. The molecule has 1 aliphatic rings. The van der Waals surface area contributed by atoms with Crippen molar-refractivity contribution in [1.29, 1.82) is 0 Å². The number of aromatic nitrogens is 2. The molecule has 1 saturated heterocycles. The van der Waals surface area contributed by atoms with Crippen molar-refractivity contribution < 1.29 is 14.3 Å². The van der Waals surface area contributed by atoms with E-state index < -0.39 is 0 Å². The molecule has 1 fully saturated rings. The minimum atomic E-state index is -0.0168. The second-order valence-electron chi connectivity index (χ2n) is 7.51. The van der Waals surface area contributed by atoms with Crippen LogP contribution in [-0.2, 0) is 4.79 Å². The Balaban J connectivity index is 1.42. The van der Waals surface area contributed by atoms with Crippen LogP contribution in [0.4, 0.5) is 5.82 Å². The number of halogens is 1. The molecule has 0 saturated carbocycles. The molecule has 0 N–H and O–H groups in total. The van der Waals surface area contributed by atoms with Crippen LogP contribution < -0.4 is 14.4 Å². The van der Waals surface area contributed by atoms with Gasteiger partial charge in [-0.1, -0.05) is 12.1 Å². The van der Waals surface area contributed by atoms with E-state index in [1.54, 1.807) is 26.4 Å². The summed E-state index contributed by atoms with van der Waals surface area (Å²) in [5, 5.41) is 0. The molecule has 4 rings (SSSR count). The van der Waals surface area contributed by atoms with Gasteiger partial charge in [-0.15, -0.1) is 0 Å². The van der Waals surface area contributed by atoms with Gasteiger partial charge in [-0.25, -0.2) is 9.97 Å². The molecule has 2 aromatic carbocycles. The number of carbonyl (C=O) groups excluding carboxylic acids is 1. The van der Waals surface area contributed by atoms with E-state index in [0.717, 1.165) is 45.7 Å². The highest BCUT2D eigenvalue weighted by molar-refractivity contribution is 9.10. The first kappa shape index (κ1) is 22.1. The smallest absolute Gasteiger partial charge is 0.246 e. The van der Waals surface area contributed by atoms with E-state index in [0.29, 0.717) is 24.6 Å². The summed E-state index contributed by atoms with van der Waals surface area (Å²) in [5.41, 5.74) is 3.54. The standard InChI is InChI=1S/C24H25BrN4O3/c1-16-24(27-20-7-5-4-6-19(20)26-16)29-12-10-28(11-13-29)22(30)9-8-17-14-18(25)23(32-3)21(15-17)31-2/h4-9,14-15H,10-13H2,1-3H3/b9-8+. The minimum absolute atomic E-state index is 0.0168. The summed E-state index contributed by atoms with van der Waals surface area (Å²) in [5.74, 6) is 2.10. The topological polar surface area (TPSA) is 67.8 Å². The van der Waals surface area contributed by atoms with Crippen molar-refractivity contribution in [3.05, 3.63) is 58.2 Å². The number of carbonyl (C=O) groups is 1. The maximum absolute atomic E-state index is 12.7. The third-order valence-corrected chi connectivity index (χ3v) is 6.07. The minimum Gasteiger partial charge on any atom is -0.493 e. The van der Waals surface area contributed by atoms with Crippen LogP contribution in [0, 0.1) is 6.92 Å². The van der Waals surface area contributed by atoms with Gasteiger partial charge in [0.15, 0.2) is 17.3 Å². The molecule has 0 bridgehead atoms. The maximum Gasteiger partial charge on any atom is 0.246 e. The fourth-order valence-electron chi connectivity index (χ4n) is 3.82. The van der Waals surface area contributed by atoms with Gasteiger partial charge < -0.3 is 19.3 Å². The Kier molecular flexibility index (Phi) is 6.60. The van der Waals surface area contributed by atoms with E-state index in [-0.39, 0.29) is 5.91 Å². The van der Waals surface area contributed by atoms with Crippen LogP contribution in [-0.4, -0.2) is 61.2 Å². The molecule has 1 amide bonds. The van der Waals surface area contributed by atoms with Crippen LogP contribution in [0.2, 0.25) is 0 Å². The van der Waals surface area contributed by atoms with E-state index in [2.05, 4.69) is 25.8 Å². The lowest BCUT2D eigenvalue weighted by molar-refractivity contribution is -0.126. The summed E-state index contributed by atoms with van der Waals surface area (Å²) >= 11 is 3.48. The summed E-state index contributed by atoms with van der Waals surface area (Å²) in [6.45, 7) is 4.68. The molecule has 2 heterocycles. The van der Waals surface area contributed by atoms with Crippen LogP contribution in [0.25, 0.3) is 17.1 Å². The number of anilines is 1. The van der Waals surface area contributed by atoms with E-state index >= 15 is 0 Å². The first-order valence-corrected chi connectivity index (χ1v) is 11.2. The molecule has 0 unspecified atom stereocenters. The van der Waals surface area contributed by atoms with Crippen LogP contribution >= 0.6 is 15.9 Å². The zero-order valence-electron chi connectivity index (χ0n) is 18.3. The molecule has 0 radical (unpaired) electrons. The predicted molar refractivity (Wildman–Crippen MR) is 129 cm³/mol. The van der Waals surface area contributed by atoms with Crippen LogP contribution in [0.3, 0.4) is 0 Å². The van der Waals surface area contributed by atoms with E-state index in [1.807, 2.05) is 48.2 Å². The molecular formula is C24H25BrN4O3. The molecule has 0 spiro atoms. The maximum atomic E-state index is 12.7. The molecule has 1 aliphatic heterocycles. The summed E-state index contributed by atoms with van der Waals surface area (Å²) in [6, 6.07) is 11.6. The Morgan fingerprint density at radius 3 is 2.38 bits per heavy atom.